The molecule has 110 valence electrons. The van der Waals surface area contributed by atoms with Crippen LogP contribution in [-0.4, -0.2) is 9.55 Å². The Bertz CT molecular complexity index is 1110. The van der Waals surface area contributed by atoms with E-state index in [1.807, 2.05) is 0 Å². The zero-order chi connectivity index (χ0) is 15.2. The van der Waals surface area contributed by atoms with Crippen molar-refractivity contribution in [3.63, 3.8) is 0 Å². The first-order chi connectivity index (χ1) is 11.4. The highest BCUT2D eigenvalue weighted by molar-refractivity contribution is 7.12. The second-order valence-electron chi connectivity index (χ2n) is 5.69. The number of H-pyrrole nitrogens is 1. The number of para-hydroxylation sites is 1. The summed E-state index contributed by atoms with van der Waals surface area (Å²) in [6.45, 7) is 0. The minimum Gasteiger partial charge on any atom is -0.354 e. The first kappa shape index (κ1) is 12.7. The number of rotatable bonds is 2. The van der Waals surface area contributed by atoms with Crippen LogP contribution < -0.4 is 0 Å². The fourth-order valence-corrected chi connectivity index (χ4v) is 3.84. The molecule has 0 saturated heterocycles. The number of hydrogen-bond acceptors (Lipinski definition) is 1. The number of nitrogens with one attached hydrogen (secondary N) is 1. The quantitative estimate of drug-likeness (QED) is 0.422. The molecule has 0 spiro atoms. The lowest BCUT2D eigenvalue weighted by Crippen LogP contribution is -1.83. The van der Waals surface area contributed by atoms with Gasteiger partial charge >= 0.3 is 0 Å². The fourth-order valence-electron chi connectivity index (χ4n) is 3.16. The van der Waals surface area contributed by atoms with Crippen molar-refractivity contribution in [2.24, 2.45) is 0 Å². The third kappa shape index (κ3) is 2.01. The van der Waals surface area contributed by atoms with Crippen LogP contribution >= 0.6 is 11.3 Å². The van der Waals surface area contributed by atoms with Crippen LogP contribution in [-0.2, 0) is 0 Å². The van der Waals surface area contributed by atoms with Gasteiger partial charge in [-0.1, -0.05) is 30.3 Å². The van der Waals surface area contributed by atoms with Gasteiger partial charge in [0.05, 0.1) is 5.00 Å². The summed E-state index contributed by atoms with van der Waals surface area (Å²) in [5, 5.41) is 5.90. The van der Waals surface area contributed by atoms with Gasteiger partial charge in [0.15, 0.2) is 0 Å². The predicted octanol–water partition coefficient (Wildman–Crippen LogP) is 5.84. The van der Waals surface area contributed by atoms with E-state index in [-0.39, 0.29) is 0 Å². The Morgan fingerprint density at radius 1 is 0.783 bits per heavy atom. The van der Waals surface area contributed by atoms with Crippen molar-refractivity contribution < 1.29 is 0 Å². The highest BCUT2D eigenvalue weighted by Gasteiger charge is 2.07. The minimum absolute atomic E-state index is 1.19. The third-order valence-electron chi connectivity index (χ3n) is 4.29. The highest BCUT2D eigenvalue weighted by atomic mass is 32.1. The van der Waals surface area contributed by atoms with Crippen LogP contribution in [0.2, 0.25) is 0 Å². The van der Waals surface area contributed by atoms with E-state index >= 15 is 0 Å². The van der Waals surface area contributed by atoms with Gasteiger partial charge in [-0.05, 0) is 46.8 Å². The van der Waals surface area contributed by atoms with Crippen LogP contribution in [0.5, 0.6) is 0 Å². The second kappa shape index (κ2) is 4.86. The molecule has 1 N–H and O–H groups in total. The molecule has 0 saturated carbocycles. The summed E-state index contributed by atoms with van der Waals surface area (Å²) in [5.74, 6) is 0. The van der Waals surface area contributed by atoms with Crippen LogP contribution in [0.25, 0.3) is 37.9 Å². The van der Waals surface area contributed by atoms with Gasteiger partial charge in [-0.25, -0.2) is 0 Å². The SMILES string of the molecule is c1csc(-n2ccc(-c3ccc4c(c3)[nH]c3ccccc34)c2)c1. The number of fused-ring (bicyclic) bond motifs is 3. The smallest absolute Gasteiger partial charge is 0.0989 e. The number of hydrogen-bond donors (Lipinski definition) is 1. The normalized spacial score (nSPS) is 11.5. The summed E-state index contributed by atoms with van der Waals surface area (Å²) in [6.07, 6.45) is 4.31. The maximum atomic E-state index is 3.52. The van der Waals surface area contributed by atoms with Crippen molar-refractivity contribution in [2.45, 2.75) is 0 Å². The molecule has 3 heterocycles. The molecule has 0 aliphatic carbocycles. The molecule has 0 atom stereocenters. The van der Waals surface area contributed by atoms with E-state index in [2.05, 4.69) is 88.0 Å². The van der Waals surface area contributed by atoms with E-state index in [0.717, 1.165) is 0 Å². The summed E-state index contributed by atoms with van der Waals surface area (Å²) < 4.78 is 2.18. The van der Waals surface area contributed by atoms with Gasteiger partial charge in [0.2, 0.25) is 0 Å². The van der Waals surface area contributed by atoms with Crippen LogP contribution in [0, 0.1) is 0 Å². The fraction of sp³-hybridized carbons (Fsp3) is 0. The number of thiophene rings is 1. The topological polar surface area (TPSA) is 20.7 Å². The maximum Gasteiger partial charge on any atom is 0.0989 e. The molecule has 0 aliphatic rings. The molecule has 0 fully saturated rings. The zero-order valence-corrected chi connectivity index (χ0v) is 13.2. The Hall–Kier alpha value is -2.78. The van der Waals surface area contributed by atoms with Crippen molar-refractivity contribution in [1.29, 1.82) is 0 Å². The van der Waals surface area contributed by atoms with Crippen LogP contribution in [0.3, 0.4) is 0 Å². The first-order valence-electron chi connectivity index (χ1n) is 7.61. The van der Waals surface area contributed by atoms with Crippen LogP contribution in [0.4, 0.5) is 0 Å². The lowest BCUT2D eigenvalue weighted by Gasteiger charge is -1.99. The highest BCUT2D eigenvalue weighted by Crippen LogP contribution is 2.30. The summed E-state index contributed by atoms with van der Waals surface area (Å²) >= 11 is 1.75. The van der Waals surface area contributed by atoms with E-state index in [1.54, 1.807) is 11.3 Å². The number of aromatic nitrogens is 2. The zero-order valence-electron chi connectivity index (χ0n) is 12.4. The summed E-state index contributed by atoms with van der Waals surface area (Å²) in [4.78, 5) is 3.52. The molecular weight excluding hydrogens is 300 g/mol. The van der Waals surface area contributed by atoms with E-state index in [0.29, 0.717) is 0 Å². The Labute approximate surface area is 137 Å². The minimum atomic E-state index is 1.19. The molecule has 0 amide bonds. The average molecular weight is 314 g/mol. The Morgan fingerprint density at radius 3 is 2.61 bits per heavy atom. The standard InChI is InChI=1S/C20H14N2S/c1-2-5-18-16(4-1)17-8-7-14(12-19(17)21-18)15-9-10-22(13-15)20-6-3-11-23-20/h1-13,21H. The number of benzene rings is 2. The van der Waals surface area contributed by atoms with Gasteiger partial charge in [0.1, 0.15) is 0 Å². The van der Waals surface area contributed by atoms with Crippen LogP contribution in [0.15, 0.2) is 78.4 Å². The lowest BCUT2D eigenvalue weighted by atomic mass is 10.1. The van der Waals surface area contributed by atoms with E-state index < -0.39 is 0 Å². The van der Waals surface area contributed by atoms with E-state index in [1.165, 1.54) is 37.9 Å². The van der Waals surface area contributed by atoms with Crippen molar-refractivity contribution in [3.05, 3.63) is 78.4 Å². The molecule has 2 aromatic carbocycles. The van der Waals surface area contributed by atoms with Crippen LogP contribution in [0.1, 0.15) is 0 Å². The molecule has 5 aromatic rings. The van der Waals surface area contributed by atoms with Gasteiger partial charge < -0.3 is 9.55 Å². The van der Waals surface area contributed by atoms with Gasteiger partial charge in [-0.2, -0.15) is 0 Å². The Morgan fingerprint density at radius 2 is 1.70 bits per heavy atom. The average Bonchev–Trinajstić information content (AvgIpc) is 3.32. The molecule has 3 aromatic heterocycles. The molecule has 5 rings (SSSR count). The van der Waals surface area contributed by atoms with Gasteiger partial charge in [0.25, 0.3) is 0 Å². The summed E-state index contributed by atoms with van der Waals surface area (Å²) in [6, 6.07) is 21.5. The van der Waals surface area contributed by atoms with Gasteiger partial charge in [0, 0.05) is 34.2 Å². The number of aromatic amines is 1. The van der Waals surface area contributed by atoms with Gasteiger partial charge in [-0.3, -0.25) is 0 Å². The Kier molecular flexibility index (Phi) is 2.69. The third-order valence-corrected chi connectivity index (χ3v) is 5.17. The monoisotopic (exact) mass is 314 g/mol. The van der Waals surface area contributed by atoms with E-state index in [4.69, 9.17) is 0 Å². The van der Waals surface area contributed by atoms with Crippen molar-refractivity contribution >= 4 is 33.1 Å². The van der Waals surface area contributed by atoms with Crippen molar-refractivity contribution in [3.8, 4) is 16.1 Å². The Balaban J connectivity index is 1.64. The molecule has 2 nitrogen and oxygen atoms in total. The first-order valence-corrected chi connectivity index (χ1v) is 8.49. The summed E-state index contributed by atoms with van der Waals surface area (Å²) in [7, 11) is 0. The van der Waals surface area contributed by atoms with Gasteiger partial charge in [-0.15, -0.1) is 11.3 Å². The molecule has 23 heavy (non-hydrogen) atoms. The van der Waals surface area contributed by atoms with Crippen molar-refractivity contribution in [2.75, 3.05) is 0 Å². The molecule has 0 bridgehead atoms. The summed E-state index contributed by atoms with van der Waals surface area (Å²) in [5.41, 5.74) is 4.85. The largest absolute Gasteiger partial charge is 0.354 e. The molecule has 3 heteroatoms. The van der Waals surface area contributed by atoms with E-state index in [9.17, 15) is 0 Å². The molecule has 0 aliphatic heterocycles. The second-order valence-corrected chi connectivity index (χ2v) is 6.62. The number of nitrogens with zero attached hydrogens (tertiary/aromatic N) is 1. The predicted molar refractivity (Wildman–Crippen MR) is 98.4 cm³/mol. The van der Waals surface area contributed by atoms with Crippen molar-refractivity contribution in [1.82, 2.24) is 9.55 Å². The molecular formula is C20H14N2S. The lowest BCUT2D eigenvalue weighted by molar-refractivity contribution is 1.11. The maximum absolute atomic E-state index is 3.52. The molecule has 0 unspecified atom stereocenters. The molecule has 0 radical (unpaired) electrons.